The van der Waals surface area contributed by atoms with E-state index in [0.29, 0.717) is 34.7 Å². The molecule has 0 N–H and O–H groups in total. The molecule has 0 bridgehead atoms. The molecule has 1 rings (SSSR count). The molecule has 0 fully saturated rings. The predicted molar refractivity (Wildman–Crippen MR) is 88.1 cm³/mol. The van der Waals surface area contributed by atoms with E-state index in [9.17, 15) is 4.79 Å². The van der Waals surface area contributed by atoms with Gasteiger partial charge >= 0.3 is 0 Å². The molecule has 22 heavy (non-hydrogen) atoms. The number of amides is 1. The average Bonchev–Trinajstić information content (AvgIpc) is 2.51. The summed E-state index contributed by atoms with van der Waals surface area (Å²) < 4.78 is 11.7. The maximum Gasteiger partial charge on any atom is 0.260 e. The molecule has 0 spiro atoms. The molecule has 0 aromatic heterocycles. The van der Waals surface area contributed by atoms with E-state index >= 15 is 0 Å². The number of halogens is 1. The summed E-state index contributed by atoms with van der Waals surface area (Å²) in [6.07, 6.45) is 2.00. The topological polar surface area (TPSA) is 62.6 Å². The first-order valence-electron chi connectivity index (χ1n) is 7.26. The van der Waals surface area contributed by atoms with Crippen LogP contribution < -0.4 is 9.47 Å². The second-order valence-corrected chi connectivity index (χ2v) is 5.64. The molecule has 1 amide bonds. The maximum absolute atomic E-state index is 12.0. The molecule has 0 aliphatic carbocycles. The van der Waals surface area contributed by atoms with Crippen LogP contribution in [0.1, 0.15) is 32.3 Å². The van der Waals surface area contributed by atoms with Crippen LogP contribution in [-0.4, -0.2) is 37.6 Å². The van der Waals surface area contributed by atoms with Gasteiger partial charge in [0.05, 0.1) is 22.7 Å². The third-order valence-electron chi connectivity index (χ3n) is 3.05. The van der Waals surface area contributed by atoms with Gasteiger partial charge in [-0.1, -0.05) is 13.3 Å². The second-order valence-electron chi connectivity index (χ2n) is 4.79. The van der Waals surface area contributed by atoms with Crippen LogP contribution in [-0.2, 0) is 4.79 Å². The molecular weight excluding hydrogens is 348 g/mol. The number of nitriles is 1. The van der Waals surface area contributed by atoms with Gasteiger partial charge in [0.15, 0.2) is 18.1 Å². The normalized spacial score (nSPS) is 9.95. The van der Waals surface area contributed by atoms with Crippen molar-refractivity contribution in [1.82, 2.24) is 4.90 Å². The Kier molecular flexibility index (Phi) is 7.75. The number of carbonyl (C=O) groups is 1. The summed E-state index contributed by atoms with van der Waals surface area (Å²) in [4.78, 5) is 13.7. The van der Waals surface area contributed by atoms with E-state index in [0.717, 1.165) is 12.8 Å². The lowest BCUT2D eigenvalue weighted by molar-refractivity contribution is -0.132. The Morgan fingerprint density at radius 1 is 1.36 bits per heavy atom. The molecule has 0 radical (unpaired) electrons. The number of nitrogens with zero attached hydrogens (tertiary/aromatic N) is 2. The predicted octanol–water partition coefficient (Wildman–Crippen LogP) is 3.36. The zero-order valence-electron chi connectivity index (χ0n) is 13.2. The van der Waals surface area contributed by atoms with Gasteiger partial charge in [0, 0.05) is 19.7 Å². The summed E-state index contributed by atoms with van der Waals surface area (Å²) in [5, 5.41) is 8.99. The van der Waals surface area contributed by atoms with Crippen molar-refractivity contribution < 1.29 is 14.3 Å². The summed E-state index contributed by atoms with van der Waals surface area (Å²) in [7, 11) is 1.76. The zero-order valence-corrected chi connectivity index (χ0v) is 14.8. The molecule has 5 nitrogen and oxygen atoms in total. The Bertz CT molecular complexity index is 555. The van der Waals surface area contributed by atoms with Gasteiger partial charge in [-0.3, -0.25) is 4.79 Å². The summed E-state index contributed by atoms with van der Waals surface area (Å²) in [6.45, 7) is 5.02. The van der Waals surface area contributed by atoms with Crippen LogP contribution >= 0.6 is 15.9 Å². The number of hydrogen-bond acceptors (Lipinski definition) is 4. The quantitative estimate of drug-likeness (QED) is 0.705. The summed E-state index contributed by atoms with van der Waals surface area (Å²) in [6, 6.07) is 5.31. The van der Waals surface area contributed by atoms with Crippen LogP contribution in [0.3, 0.4) is 0 Å². The van der Waals surface area contributed by atoms with E-state index in [2.05, 4.69) is 28.9 Å². The van der Waals surface area contributed by atoms with Gasteiger partial charge in [0.25, 0.3) is 5.91 Å². The van der Waals surface area contributed by atoms with Crippen LogP contribution in [0.4, 0.5) is 0 Å². The molecular formula is C16H21BrN2O3. The molecule has 1 aromatic rings. The van der Waals surface area contributed by atoms with Crippen molar-refractivity contribution in [3.63, 3.8) is 0 Å². The minimum absolute atomic E-state index is 0.0647. The molecule has 0 unspecified atom stereocenters. The molecule has 0 saturated heterocycles. The minimum Gasteiger partial charge on any atom is -0.490 e. The second kappa shape index (κ2) is 9.31. The number of ether oxygens (including phenoxy) is 2. The number of hydrogen-bond donors (Lipinski definition) is 0. The van der Waals surface area contributed by atoms with E-state index in [-0.39, 0.29) is 12.5 Å². The Morgan fingerprint density at radius 3 is 2.68 bits per heavy atom. The Hall–Kier alpha value is -1.74. The first kappa shape index (κ1) is 18.3. The highest BCUT2D eigenvalue weighted by molar-refractivity contribution is 9.10. The standard InChI is InChI=1S/C16H21BrN2O3/c1-4-6-7-19(3)15(20)11-22-16-13(17)8-12(10-18)9-14(16)21-5-2/h8-9H,4-7,11H2,1-3H3. The van der Waals surface area contributed by atoms with E-state index in [1.54, 1.807) is 24.1 Å². The summed E-state index contributed by atoms with van der Waals surface area (Å²) in [5.74, 6) is 0.808. The van der Waals surface area contributed by atoms with Crippen LogP contribution in [0.2, 0.25) is 0 Å². The Labute approximate surface area is 139 Å². The molecule has 0 atom stereocenters. The lowest BCUT2D eigenvalue weighted by atomic mass is 10.2. The molecule has 0 heterocycles. The van der Waals surface area contributed by atoms with Gasteiger partial charge in [-0.2, -0.15) is 5.26 Å². The van der Waals surface area contributed by atoms with E-state index < -0.39 is 0 Å². The van der Waals surface area contributed by atoms with Gasteiger partial charge in [0.2, 0.25) is 0 Å². The third-order valence-corrected chi connectivity index (χ3v) is 3.64. The van der Waals surface area contributed by atoms with Crippen molar-refractivity contribution in [3.05, 3.63) is 22.2 Å². The van der Waals surface area contributed by atoms with Crippen molar-refractivity contribution in [2.75, 3.05) is 26.8 Å². The smallest absolute Gasteiger partial charge is 0.260 e. The fraction of sp³-hybridized carbons (Fsp3) is 0.500. The van der Waals surface area contributed by atoms with Crippen LogP contribution in [0.5, 0.6) is 11.5 Å². The third kappa shape index (κ3) is 5.23. The SMILES string of the molecule is CCCCN(C)C(=O)COc1c(Br)cc(C#N)cc1OCC. The van der Waals surface area contributed by atoms with Crippen LogP contribution in [0.15, 0.2) is 16.6 Å². The number of unbranched alkanes of at least 4 members (excludes halogenated alkanes) is 1. The molecule has 1 aromatic carbocycles. The molecule has 0 saturated carbocycles. The monoisotopic (exact) mass is 368 g/mol. The number of carbonyl (C=O) groups excluding carboxylic acids is 1. The van der Waals surface area contributed by atoms with Gasteiger partial charge in [0.1, 0.15) is 0 Å². The van der Waals surface area contributed by atoms with Crippen molar-refractivity contribution in [2.24, 2.45) is 0 Å². The van der Waals surface area contributed by atoms with Gasteiger partial charge < -0.3 is 14.4 Å². The highest BCUT2D eigenvalue weighted by atomic mass is 79.9. The lowest BCUT2D eigenvalue weighted by Crippen LogP contribution is -2.32. The van der Waals surface area contributed by atoms with Crippen molar-refractivity contribution >= 4 is 21.8 Å². The molecule has 0 aliphatic rings. The average molecular weight is 369 g/mol. The maximum atomic E-state index is 12.0. The van der Waals surface area contributed by atoms with Crippen molar-refractivity contribution in [2.45, 2.75) is 26.7 Å². The van der Waals surface area contributed by atoms with E-state index in [4.69, 9.17) is 14.7 Å². The lowest BCUT2D eigenvalue weighted by Gasteiger charge is -2.18. The van der Waals surface area contributed by atoms with Gasteiger partial charge in [-0.15, -0.1) is 0 Å². The Balaban J connectivity index is 2.80. The van der Waals surface area contributed by atoms with E-state index in [1.807, 2.05) is 6.92 Å². The van der Waals surface area contributed by atoms with Crippen LogP contribution in [0.25, 0.3) is 0 Å². The van der Waals surface area contributed by atoms with Gasteiger partial charge in [-0.25, -0.2) is 0 Å². The zero-order chi connectivity index (χ0) is 16.5. The van der Waals surface area contributed by atoms with Crippen molar-refractivity contribution in [3.8, 4) is 17.6 Å². The van der Waals surface area contributed by atoms with Crippen LogP contribution in [0, 0.1) is 11.3 Å². The molecule has 6 heteroatoms. The minimum atomic E-state index is -0.0906. The number of rotatable bonds is 8. The van der Waals surface area contributed by atoms with Crippen molar-refractivity contribution in [1.29, 1.82) is 5.26 Å². The highest BCUT2D eigenvalue weighted by Crippen LogP contribution is 2.36. The Morgan fingerprint density at radius 2 is 2.09 bits per heavy atom. The largest absolute Gasteiger partial charge is 0.490 e. The number of likely N-dealkylation sites (N-methyl/N-ethyl adjacent to an activating group) is 1. The molecule has 120 valence electrons. The number of benzene rings is 1. The molecule has 0 aliphatic heterocycles. The highest BCUT2D eigenvalue weighted by Gasteiger charge is 2.15. The first-order valence-corrected chi connectivity index (χ1v) is 8.05. The first-order chi connectivity index (χ1) is 10.5. The summed E-state index contributed by atoms with van der Waals surface area (Å²) in [5.41, 5.74) is 0.467. The fourth-order valence-corrected chi connectivity index (χ4v) is 2.36. The fourth-order valence-electron chi connectivity index (χ4n) is 1.80. The van der Waals surface area contributed by atoms with Gasteiger partial charge in [-0.05, 0) is 35.3 Å². The summed E-state index contributed by atoms with van der Waals surface area (Å²) >= 11 is 3.36. The van der Waals surface area contributed by atoms with E-state index in [1.165, 1.54) is 0 Å².